The van der Waals surface area contributed by atoms with Crippen LogP contribution in [0.1, 0.15) is 15.9 Å². The standard InChI is InChI=1S/C17H16ClF3N4O3S/c18-14-9-12(17(19,20)21)10-23-15(14)24-5-7-25(8-6-24)16(26)11-1-3-13(4-2-11)29(22,27)28/h1-4,9-10H,5-8H2,(H2,22,27,28). The molecular formula is C17H16ClF3N4O3S. The molecule has 1 amide bonds. The smallest absolute Gasteiger partial charge is 0.352 e. The van der Waals surface area contributed by atoms with E-state index in [1.807, 2.05) is 0 Å². The fraction of sp³-hybridized carbons (Fsp3) is 0.294. The van der Waals surface area contributed by atoms with Gasteiger partial charge in [-0.25, -0.2) is 18.5 Å². The number of carbonyl (C=O) groups excluding carboxylic acids is 1. The Bertz CT molecular complexity index is 1020. The first kappa shape index (κ1) is 21.3. The average Bonchev–Trinajstić information content (AvgIpc) is 2.66. The van der Waals surface area contributed by atoms with Crippen molar-refractivity contribution in [3.8, 4) is 0 Å². The van der Waals surface area contributed by atoms with Crippen LogP contribution in [0.15, 0.2) is 41.4 Å². The molecule has 0 saturated carbocycles. The zero-order valence-electron chi connectivity index (χ0n) is 14.9. The molecule has 1 fully saturated rings. The first-order chi connectivity index (χ1) is 13.5. The summed E-state index contributed by atoms with van der Waals surface area (Å²) in [7, 11) is -3.85. The van der Waals surface area contributed by atoms with E-state index in [0.717, 1.165) is 12.3 Å². The molecule has 0 aliphatic carbocycles. The molecule has 29 heavy (non-hydrogen) atoms. The molecule has 0 bridgehead atoms. The Balaban J connectivity index is 1.67. The second kappa shape index (κ2) is 7.81. The average molecular weight is 449 g/mol. The highest BCUT2D eigenvalue weighted by Gasteiger charge is 2.32. The van der Waals surface area contributed by atoms with Crippen molar-refractivity contribution in [1.29, 1.82) is 0 Å². The summed E-state index contributed by atoms with van der Waals surface area (Å²) in [5.41, 5.74) is -0.625. The second-order valence-electron chi connectivity index (χ2n) is 6.38. The summed E-state index contributed by atoms with van der Waals surface area (Å²) in [4.78, 5) is 19.6. The van der Waals surface area contributed by atoms with Crippen molar-refractivity contribution < 1.29 is 26.4 Å². The largest absolute Gasteiger partial charge is 0.417 e. The van der Waals surface area contributed by atoms with Crippen LogP contribution in [0.25, 0.3) is 0 Å². The third-order valence-corrected chi connectivity index (χ3v) is 5.65. The van der Waals surface area contributed by atoms with E-state index in [1.54, 1.807) is 9.80 Å². The van der Waals surface area contributed by atoms with Crippen LogP contribution in [0.4, 0.5) is 19.0 Å². The number of nitrogens with two attached hydrogens (primary N) is 1. The zero-order chi connectivity index (χ0) is 21.4. The SMILES string of the molecule is NS(=O)(=O)c1ccc(C(=O)N2CCN(c3ncc(C(F)(F)F)cc3Cl)CC2)cc1. The van der Waals surface area contributed by atoms with Crippen molar-refractivity contribution in [2.45, 2.75) is 11.1 Å². The van der Waals surface area contributed by atoms with Gasteiger partial charge in [0.2, 0.25) is 10.0 Å². The molecule has 1 aliphatic rings. The molecule has 7 nitrogen and oxygen atoms in total. The van der Waals surface area contributed by atoms with Gasteiger partial charge in [0.1, 0.15) is 5.82 Å². The molecule has 0 spiro atoms. The van der Waals surface area contributed by atoms with Crippen molar-refractivity contribution in [2.24, 2.45) is 5.14 Å². The molecular weight excluding hydrogens is 433 g/mol. The maximum atomic E-state index is 12.7. The van der Waals surface area contributed by atoms with Crippen molar-refractivity contribution in [3.05, 3.63) is 52.7 Å². The van der Waals surface area contributed by atoms with E-state index in [4.69, 9.17) is 16.7 Å². The van der Waals surface area contributed by atoms with Gasteiger partial charge in [-0.05, 0) is 30.3 Å². The van der Waals surface area contributed by atoms with E-state index in [2.05, 4.69) is 4.98 Å². The molecule has 3 rings (SSSR count). The van der Waals surface area contributed by atoms with E-state index >= 15 is 0 Å². The lowest BCUT2D eigenvalue weighted by molar-refractivity contribution is -0.137. The summed E-state index contributed by atoms with van der Waals surface area (Å²) in [6.45, 7) is 1.27. The van der Waals surface area contributed by atoms with Gasteiger partial charge in [0, 0.05) is 37.9 Å². The molecule has 0 atom stereocenters. The Morgan fingerprint density at radius 2 is 1.69 bits per heavy atom. The number of pyridine rings is 1. The number of sulfonamides is 1. The van der Waals surface area contributed by atoms with E-state index in [-0.39, 0.29) is 21.6 Å². The summed E-state index contributed by atoms with van der Waals surface area (Å²) in [5, 5.41) is 4.92. The van der Waals surface area contributed by atoms with Crippen LogP contribution in [0.2, 0.25) is 5.02 Å². The van der Waals surface area contributed by atoms with Crippen molar-refractivity contribution in [2.75, 3.05) is 31.1 Å². The number of rotatable bonds is 3. The molecule has 1 aromatic heterocycles. The van der Waals surface area contributed by atoms with Crippen molar-refractivity contribution >= 4 is 33.3 Å². The van der Waals surface area contributed by atoms with Crippen molar-refractivity contribution in [3.63, 3.8) is 0 Å². The number of aromatic nitrogens is 1. The van der Waals surface area contributed by atoms with Gasteiger partial charge in [0.15, 0.2) is 0 Å². The van der Waals surface area contributed by atoms with Gasteiger partial charge in [-0.1, -0.05) is 11.6 Å². The molecule has 2 aromatic rings. The highest BCUT2D eigenvalue weighted by molar-refractivity contribution is 7.89. The van der Waals surface area contributed by atoms with Crippen LogP contribution in [0, 0.1) is 0 Å². The van der Waals surface area contributed by atoms with Gasteiger partial charge in [-0.3, -0.25) is 4.79 Å². The van der Waals surface area contributed by atoms with Crippen LogP contribution < -0.4 is 10.0 Å². The van der Waals surface area contributed by atoms with Gasteiger partial charge in [0.25, 0.3) is 5.91 Å². The topological polar surface area (TPSA) is 96.6 Å². The van der Waals surface area contributed by atoms with Crippen LogP contribution in [-0.2, 0) is 16.2 Å². The van der Waals surface area contributed by atoms with E-state index in [9.17, 15) is 26.4 Å². The van der Waals surface area contributed by atoms with Gasteiger partial charge in [0.05, 0.1) is 15.5 Å². The number of piperazine rings is 1. The lowest BCUT2D eigenvalue weighted by atomic mass is 10.2. The quantitative estimate of drug-likeness (QED) is 0.777. The number of carbonyl (C=O) groups is 1. The fourth-order valence-corrected chi connectivity index (χ4v) is 3.71. The number of amides is 1. The minimum atomic E-state index is -4.53. The Morgan fingerprint density at radius 3 is 2.17 bits per heavy atom. The summed E-state index contributed by atoms with van der Waals surface area (Å²) < 4.78 is 60.8. The van der Waals surface area contributed by atoms with Gasteiger partial charge >= 0.3 is 6.18 Å². The minimum Gasteiger partial charge on any atom is -0.352 e. The monoisotopic (exact) mass is 448 g/mol. The highest BCUT2D eigenvalue weighted by Crippen LogP contribution is 2.33. The normalized spacial score (nSPS) is 15.5. The number of benzene rings is 1. The van der Waals surface area contributed by atoms with Gasteiger partial charge in [-0.2, -0.15) is 13.2 Å². The van der Waals surface area contributed by atoms with Gasteiger partial charge in [-0.15, -0.1) is 0 Å². The molecule has 2 heterocycles. The summed E-state index contributed by atoms with van der Waals surface area (Å²) in [6, 6.07) is 6.09. The lowest BCUT2D eigenvalue weighted by Crippen LogP contribution is -2.49. The zero-order valence-corrected chi connectivity index (χ0v) is 16.4. The summed E-state index contributed by atoms with van der Waals surface area (Å²) in [6.07, 6.45) is -3.80. The predicted molar refractivity (Wildman–Crippen MR) is 100 cm³/mol. The first-order valence-corrected chi connectivity index (χ1v) is 10.3. The Morgan fingerprint density at radius 1 is 1.10 bits per heavy atom. The van der Waals surface area contributed by atoms with Crippen LogP contribution in [0.3, 0.4) is 0 Å². The minimum absolute atomic E-state index is 0.0955. The Hall–Kier alpha value is -2.37. The number of hydrogen-bond acceptors (Lipinski definition) is 5. The van der Waals surface area contributed by atoms with Crippen molar-refractivity contribution in [1.82, 2.24) is 9.88 Å². The Kier molecular flexibility index (Phi) is 5.74. The van der Waals surface area contributed by atoms with E-state index in [1.165, 1.54) is 24.3 Å². The number of primary sulfonamides is 1. The van der Waals surface area contributed by atoms with E-state index in [0.29, 0.717) is 31.7 Å². The molecule has 0 radical (unpaired) electrons. The highest BCUT2D eigenvalue weighted by atomic mass is 35.5. The predicted octanol–water partition coefficient (Wildman–Crippen LogP) is 2.36. The maximum Gasteiger partial charge on any atom is 0.417 e. The number of anilines is 1. The summed E-state index contributed by atoms with van der Waals surface area (Å²) in [5.74, 6) is -0.0682. The molecule has 1 saturated heterocycles. The van der Waals surface area contributed by atoms with Gasteiger partial charge < -0.3 is 9.80 Å². The third-order valence-electron chi connectivity index (χ3n) is 4.45. The molecule has 12 heteroatoms. The molecule has 2 N–H and O–H groups in total. The number of alkyl halides is 3. The van der Waals surface area contributed by atoms with Crippen LogP contribution in [-0.4, -0.2) is 50.4 Å². The maximum absolute atomic E-state index is 12.7. The summed E-state index contributed by atoms with van der Waals surface area (Å²) >= 11 is 5.97. The second-order valence-corrected chi connectivity index (χ2v) is 8.34. The Labute approximate surface area is 169 Å². The number of nitrogens with zero attached hydrogens (tertiary/aromatic N) is 3. The molecule has 1 aliphatic heterocycles. The molecule has 0 unspecified atom stereocenters. The molecule has 156 valence electrons. The number of hydrogen-bond donors (Lipinski definition) is 1. The molecule has 1 aromatic carbocycles. The number of halogens is 4. The fourth-order valence-electron chi connectivity index (χ4n) is 2.91. The lowest BCUT2D eigenvalue weighted by Gasteiger charge is -2.35. The van der Waals surface area contributed by atoms with Crippen LogP contribution >= 0.6 is 11.6 Å². The third kappa shape index (κ3) is 4.80. The van der Waals surface area contributed by atoms with E-state index < -0.39 is 21.8 Å². The van der Waals surface area contributed by atoms with Crippen LogP contribution in [0.5, 0.6) is 0 Å². The first-order valence-electron chi connectivity index (χ1n) is 8.36.